The van der Waals surface area contributed by atoms with E-state index in [1.54, 1.807) is 0 Å². The second-order valence-electron chi connectivity index (χ2n) is 8.08. The molecule has 3 heterocycles. The molecule has 1 aliphatic heterocycles. The zero-order valence-electron chi connectivity index (χ0n) is 18.0. The number of nitrogens with zero attached hydrogens (tertiary/aromatic N) is 2. The molecule has 33 heavy (non-hydrogen) atoms. The number of thiazole rings is 1. The lowest BCUT2D eigenvalue weighted by Gasteiger charge is -2.27. The summed E-state index contributed by atoms with van der Waals surface area (Å²) in [5.74, 6) is 1.60. The summed E-state index contributed by atoms with van der Waals surface area (Å²) in [5.41, 5.74) is 9.10. The van der Waals surface area contributed by atoms with E-state index in [1.165, 1.54) is 16.9 Å². The van der Waals surface area contributed by atoms with Crippen molar-refractivity contribution >= 4 is 33.1 Å². The average molecular weight is 452 g/mol. The van der Waals surface area contributed by atoms with Crippen LogP contribution in [0, 0.1) is 6.92 Å². The monoisotopic (exact) mass is 451 g/mol. The number of rotatable bonds is 4. The van der Waals surface area contributed by atoms with Crippen molar-refractivity contribution in [3.63, 3.8) is 0 Å². The summed E-state index contributed by atoms with van der Waals surface area (Å²) in [6.45, 7) is 2.08. The van der Waals surface area contributed by atoms with Gasteiger partial charge in [-0.15, -0.1) is 11.3 Å². The van der Waals surface area contributed by atoms with E-state index in [1.807, 2.05) is 60.0 Å². The lowest BCUT2D eigenvalue weighted by Crippen LogP contribution is -2.22. The minimum Gasteiger partial charge on any atom is -0.485 e. The molecule has 0 amide bonds. The molecule has 0 radical (unpaired) electrons. The predicted octanol–water partition coefficient (Wildman–Crippen LogP) is 7.20. The Balaban J connectivity index is 1.29. The van der Waals surface area contributed by atoms with Crippen LogP contribution >= 0.6 is 11.3 Å². The van der Waals surface area contributed by atoms with Gasteiger partial charge < -0.3 is 9.15 Å². The molecular weight excluding hydrogens is 430 g/mol. The first-order valence-electron chi connectivity index (χ1n) is 10.8. The molecule has 6 heteroatoms. The Morgan fingerprint density at radius 3 is 2.73 bits per heavy atom. The number of hydrazone groups is 1. The molecule has 1 atom stereocenters. The molecule has 1 N–H and O–H groups in total. The molecule has 0 saturated carbocycles. The largest absolute Gasteiger partial charge is 0.485 e. The Morgan fingerprint density at radius 2 is 1.85 bits per heavy atom. The van der Waals surface area contributed by atoms with E-state index in [0.717, 1.165) is 50.1 Å². The summed E-state index contributed by atoms with van der Waals surface area (Å²) < 4.78 is 12.3. The first-order valence-corrected chi connectivity index (χ1v) is 11.7. The number of furan rings is 1. The number of hydrogen-bond donors (Lipinski definition) is 1. The highest BCUT2D eigenvalue weighted by atomic mass is 32.1. The van der Waals surface area contributed by atoms with Crippen LogP contribution in [-0.2, 0) is 0 Å². The normalized spacial score (nSPS) is 16.5. The molecule has 5 nitrogen and oxygen atoms in total. The van der Waals surface area contributed by atoms with Crippen molar-refractivity contribution in [2.75, 3.05) is 5.43 Å². The quantitative estimate of drug-likeness (QED) is 0.293. The predicted molar refractivity (Wildman–Crippen MR) is 133 cm³/mol. The smallest absolute Gasteiger partial charge is 0.204 e. The van der Waals surface area contributed by atoms with Gasteiger partial charge in [0, 0.05) is 22.8 Å². The third kappa shape index (κ3) is 3.90. The molecule has 0 fully saturated rings. The highest BCUT2D eigenvalue weighted by molar-refractivity contribution is 7.14. The molecule has 0 saturated heterocycles. The maximum atomic E-state index is 6.31. The zero-order chi connectivity index (χ0) is 22.2. The molecule has 2 aromatic heterocycles. The number of fused-ring (bicyclic) bond motifs is 2. The molecule has 0 unspecified atom stereocenters. The highest BCUT2D eigenvalue weighted by Crippen LogP contribution is 2.36. The second-order valence-corrected chi connectivity index (χ2v) is 8.94. The van der Waals surface area contributed by atoms with Gasteiger partial charge in [-0.3, -0.25) is 5.43 Å². The Labute approximate surface area is 195 Å². The van der Waals surface area contributed by atoms with Gasteiger partial charge in [-0.05, 0) is 36.8 Å². The number of ether oxygens (including phenoxy) is 1. The lowest BCUT2D eigenvalue weighted by molar-refractivity contribution is 0.206. The molecule has 6 rings (SSSR count). The van der Waals surface area contributed by atoms with Crippen LogP contribution in [-0.4, -0.2) is 10.7 Å². The number of hydrogen-bond acceptors (Lipinski definition) is 6. The standard InChI is InChI=1S/C27H21N3O2S/c1-17-11-12-24-20(13-17)21(15-25(32-24)18-7-3-2-4-8-18)29-30-27-28-22(16-33-27)26-14-19-9-5-6-10-23(19)31-26/h2-14,16,25H,15H2,1H3,(H,28,30)/b29-21-/t25-/m1/s1. The number of aryl methyl sites for hydroxylation is 1. The van der Waals surface area contributed by atoms with E-state index in [0.29, 0.717) is 6.42 Å². The highest BCUT2D eigenvalue weighted by Gasteiger charge is 2.26. The Morgan fingerprint density at radius 1 is 1.00 bits per heavy atom. The number of benzene rings is 3. The molecule has 1 aliphatic rings. The number of anilines is 1. The fourth-order valence-corrected chi connectivity index (χ4v) is 4.72. The molecule has 0 bridgehead atoms. The van der Waals surface area contributed by atoms with Crippen molar-refractivity contribution in [2.24, 2.45) is 5.10 Å². The van der Waals surface area contributed by atoms with Gasteiger partial charge in [0.2, 0.25) is 5.13 Å². The summed E-state index contributed by atoms with van der Waals surface area (Å²) in [6, 6.07) is 26.5. The minimum absolute atomic E-state index is 0.0793. The Kier molecular flexibility index (Phi) is 4.92. The molecule has 0 spiro atoms. The van der Waals surface area contributed by atoms with Gasteiger partial charge in [0.25, 0.3) is 0 Å². The van der Waals surface area contributed by atoms with Crippen LogP contribution in [0.2, 0.25) is 0 Å². The van der Waals surface area contributed by atoms with Crippen LogP contribution in [0.3, 0.4) is 0 Å². The number of para-hydroxylation sites is 1. The van der Waals surface area contributed by atoms with Gasteiger partial charge in [0.1, 0.15) is 23.1 Å². The third-order valence-electron chi connectivity index (χ3n) is 5.73. The summed E-state index contributed by atoms with van der Waals surface area (Å²) in [4.78, 5) is 4.69. The van der Waals surface area contributed by atoms with Gasteiger partial charge in [-0.25, -0.2) is 4.98 Å². The molecule has 5 aromatic rings. The van der Waals surface area contributed by atoms with E-state index in [-0.39, 0.29) is 6.10 Å². The molecule has 3 aromatic carbocycles. The topological polar surface area (TPSA) is 59.7 Å². The van der Waals surface area contributed by atoms with Crippen molar-refractivity contribution in [3.05, 3.63) is 101 Å². The number of nitrogens with one attached hydrogen (secondary N) is 1. The van der Waals surface area contributed by atoms with Gasteiger partial charge in [-0.2, -0.15) is 5.10 Å². The zero-order valence-corrected chi connectivity index (χ0v) is 18.8. The van der Waals surface area contributed by atoms with Crippen molar-refractivity contribution in [1.82, 2.24) is 4.98 Å². The van der Waals surface area contributed by atoms with Crippen LogP contribution < -0.4 is 10.2 Å². The van der Waals surface area contributed by atoms with Crippen LogP contribution in [0.5, 0.6) is 5.75 Å². The summed E-state index contributed by atoms with van der Waals surface area (Å²) in [5, 5.41) is 8.53. The lowest BCUT2D eigenvalue weighted by atomic mass is 9.94. The average Bonchev–Trinajstić information content (AvgIpc) is 3.50. The molecule has 0 aliphatic carbocycles. The van der Waals surface area contributed by atoms with Gasteiger partial charge in [0.15, 0.2) is 5.76 Å². The maximum Gasteiger partial charge on any atom is 0.204 e. The van der Waals surface area contributed by atoms with E-state index in [9.17, 15) is 0 Å². The summed E-state index contributed by atoms with van der Waals surface area (Å²) in [7, 11) is 0. The third-order valence-corrected chi connectivity index (χ3v) is 6.48. The van der Waals surface area contributed by atoms with Gasteiger partial charge in [0.05, 0.1) is 5.71 Å². The van der Waals surface area contributed by atoms with Crippen molar-refractivity contribution in [2.45, 2.75) is 19.4 Å². The van der Waals surface area contributed by atoms with Crippen molar-refractivity contribution in [3.8, 4) is 17.2 Å². The van der Waals surface area contributed by atoms with Crippen LogP contribution in [0.4, 0.5) is 5.13 Å². The fraction of sp³-hybridized carbons (Fsp3) is 0.111. The molecular formula is C27H21N3O2S. The van der Waals surface area contributed by atoms with Crippen LogP contribution in [0.25, 0.3) is 22.4 Å². The first kappa shape index (κ1) is 19.8. The van der Waals surface area contributed by atoms with Crippen molar-refractivity contribution < 1.29 is 9.15 Å². The van der Waals surface area contributed by atoms with E-state index < -0.39 is 0 Å². The van der Waals surface area contributed by atoms with E-state index in [2.05, 4.69) is 41.6 Å². The fourth-order valence-electron chi connectivity index (χ4n) is 4.07. The number of aromatic nitrogens is 1. The minimum atomic E-state index is -0.0793. The van der Waals surface area contributed by atoms with Crippen LogP contribution in [0.1, 0.15) is 29.2 Å². The maximum absolute atomic E-state index is 6.31. The Bertz CT molecular complexity index is 1440. The first-order chi connectivity index (χ1) is 16.2. The van der Waals surface area contributed by atoms with Gasteiger partial charge >= 0.3 is 0 Å². The van der Waals surface area contributed by atoms with Crippen LogP contribution in [0.15, 0.2) is 93.8 Å². The van der Waals surface area contributed by atoms with Crippen molar-refractivity contribution in [1.29, 1.82) is 0 Å². The second kappa shape index (κ2) is 8.22. The summed E-state index contributed by atoms with van der Waals surface area (Å²) >= 11 is 1.50. The molecule has 162 valence electrons. The summed E-state index contributed by atoms with van der Waals surface area (Å²) in [6.07, 6.45) is 0.597. The van der Waals surface area contributed by atoms with Gasteiger partial charge in [-0.1, -0.05) is 60.2 Å². The Hall–Kier alpha value is -3.90. The van der Waals surface area contributed by atoms with E-state index in [4.69, 9.17) is 14.3 Å². The van der Waals surface area contributed by atoms with E-state index >= 15 is 0 Å². The SMILES string of the molecule is Cc1ccc2c(c1)/C(=N\Nc1nc(-c3cc4ccccc4o3)cs1)C[C@H](c1ccccc1)O2.